The van der Waals surface area contributed by atoms with Crippen LogP contribution < -0.4 is 4.74 Å². The molecular formula is C34H54NO3+. The topological polar surface area (TPSA) is 35.5 Å². The van der Waals surface area contributed by atoms with Crippen LogP contribution in [0.4, 0.5) is 0 Å². The first kappa shape index (κ1) is 31.9. The number of unbranched alkanes of at least 4 members (excludes halogenated alkanes) is 8. The van der Waals surface area contributed by atoms with Crippen LogP contribution in [0.25, 0.3) is 0 Å². The standard InChI is InChI=1S/C34H54NO3/c1-6-8-9-10-11-12-13-14-16-20-30-23-25-32(26-24-30)37-33(19-7-2)38-34(36)29(3)27-35(4,5)28-31-21-17-15-18-22-31/h15,17-18,21-26,29,33H,6-14,16,19-20,27-28H2,1-5H3/q+1. The van der Waals surface area contributed by atoms with Crippen molar-refractivity contribution in [3.63, 3.8) is 0 Å². The van der Waals surface area contributed by atoms with E-state index in [2.05, 4.69) is 64.3 Å². The number of hydrogen-bond donors (Lipinski definition) is 0. The van der Waals surface area contributed by atoms with Crippen LogP contribution in [0.2, 0.25) is 0 Å². The molecule has 0 N–H and O–H groups in total. The Morgan fingerprint density at radius 1 is 0.763 bits per heavy atom. The van der Waals surface area contributed by atoms with Gasteiger partial charge in [0.25, 0.3) is 0 Å². The summed E-state index contributed by atoms with van der Waals surface area (Å²) in [6, 6.07) is 18.8. The number of rotatable bonds is 20. The Morgan fingerprint density at radius 2 is 1.37 bits per heavy atom. The molecule has 0 aliphatic carbocycles. The lowest BCUT2D eigenvalue weighted by Gasteiger charge is -2.32. The normalized spacial score (nSPS) is 13.2. The van der Waals surface area contributed by atoms with Crippen LogP contribution in [-0.2, 0) is 22.5 Å². The predicted molar refractivity (Wildman–Crippen MR) is 159 cm³/mol. The van der Waals surface area contributed by atoms with E-state index in [0.29, 0.717) is 13.0 Å². The maximum absolute atomic E-state index is 12.9. The SMILES string of the molecule is CCCCCCCCCCCc1ccc(OC(CCC)OC(=O)C(C)C[N+](C)(C)Cc2ccccc2)cc1. The minimum absolute atomic E-state index is 0.190. The van der Waals surface area contributed by atoms with Crippen LogP contribution in [0, 0.1) is 5.92 Å². The third kappa shape index (κ3) is 13.5. The summed E-state index contributed by atoms with van der Waals surface area (Å²) in [6.07, 6.45) is 14.3. The molecule has 4 heteroatoms. The van der Waals surface area contributed by atoms with Gasteiger partial charge in [-0.3, -0.25) is 4.79 Å². The Kier molecular flexibility index (Phi) is 15.1. The van der Waals surface area contributed by atoms with E-state index in [9.17, 15) is 4.79 Å². The molecule has 0 fully saturated rings. The zero-order chi connectivity index (χ0) is 27.6. The summed E-state index contributed by atoms with van der Waals surface area (Å²) in [7, 11) is 4.32. The maximum Gasteiger partial charge on any atom is 0.317 e. The molecular weight excluding hydrogens is 470 g/mol. The summed E-state index contributed by atoms with van der Waals surface area (Å²) >= 11 is 0. The highest BCUT2D eigenvalue weighted by Gasteiger charge is 2.28. The molecule has 2 unspecified atom stereocenters. The maximum atomic E-state index is 12.9. The van der Waals surface area contributed by atoms with Crippen molar-refractivity contribution in [3.05, 3.63) is 65.7 Å². The van der Waals surface area contributed by atoms with Crippen LogP contribution in [0.3, 0.4) is 0 Å². The summed E-state index contributed by atoms with van der Waals surface area (Å²) < 4.78 is 12.7. The molecule has 0 aromatic heterocycles. The van der Waals surface area contributed by atoms with E-state index in [0.717, 1.165) is 29.6 Å². The second-order valence-corrected chi connectivity index (χ2v) is 11.7. The van der Waals surface area contributed by atoms with E-state index in [-0.39, 0.29) is 11.9 Å². The lowest BCUT2D eigenvalue weighted by atomic mass is 10.0. The fourth-order valence-corrected chi connectivity index (χ4v) is 5.11. The molecule has 0 saturated carbocycles. The number of esters is 1. The first-order chi connectivity index (χ1) is 18.3. The van der Waals surface area contributed by atoms with Gasteiger partial charge in [0, 0.05) is 12.0 Å². The Bertz CT molecular complexity index is 878. The summed E-state index contributed by atoms with van der Waals surface area (Å²) in [6.45, 7) is 7.89. The van der Waals surface area contributed by atoms with Gasteiger partial charge in [-0.1, -0.05) is 108 Å². The molecule has 2 aromatic rings. The third-order valence-corrected chi connectivity index (χ3v) is 7.16. The van der Waals surface area contributed by atoms with Gasteiger partial charge in [0.15, 0.2) is 0 Å². The molecule has 4 nitrogen and oxygen atoms in total. The first-order valence-corrected chi connectivity index (χ1v) is 15.1. The molecule has 0 saturated heterocycles. The van der Waals surface area contributed by atoms with Gasteiger partial charge in [0.05, 0.1) is 20.6 Å². The van der Waals surface area contributed by atoms with E-state index in [1.54, 1.807) is 0 Å². The number of nitrogens with zero attached hydrogens (tertiary/aromatic N) is 1. The van der Waals surface area contributed by atoms with Crippen molar-refractivity contribution in [1.82, 2.24) is 0 Å². The molecule has 0 radical (unpaired) electrons. The number of hydrogen-bond acceptors (Lipinski definition) is 3. The molecule has 2 atom stereocenters. The van der Waals surface area contributed by atoms with Gasteiger partial charge in [-0.25, -0.2) is 0 Å². The van der Waals surface area contributed by atoms with Crippen molar-refractivity contribution in [3.8, 4) is 5.75 Å². The van der Waals surface area contributed by atoms with Crippen molar-refractivity contribution in [1.29, 1.82) is 0 Å². The summed E-state index contributed by atoms with van der Waals surface area (Å²) in [4.78, 5) is 12.9. The molecule has 0 aliphatic rings. The minimum Gasteiger partial charge on any atom is -0.455 e. The number of carbonyl (C=O) groups excluding carboxylic acids is 1. The van der Waals surface area contributed by atoms with Crippen molar-refractivity contribution >= 4 is 5.97 Å². The van der Waals surface area contributed by atoms with Gasteiger partial charge in [0.1, 0.15) is 18.2 Å². The van der Waals surface area contributed by atoms with Crippen molar-refractivity contribution in [2.24, 2.45) is 5.92 Å². The Hall–Kier alpha value is -2.33. The number of quaternary nitrogens is 1. The monoisotopic (exact) mass is 524 g/mol. The van der Waals surface area contributed by atoms with Gasteiger partial charge in [-0.2, -0.15) is 0 Å². The van der Waals surface area contributed by atoms with Crippen molar-refractivity contribution < 1.29 is 18.8 Å². The molecule has 0 amide bonds. The van der Waals surface area contributed by atoms with Gasteiger partial charge >= 0.3 is 5.97 Å². The molecule has 0 heterocycles. The summed E-state index contributed by atoms with van der Waals surface area (Å²) in [5.41, 5.74) is 2.61. The van der Waals surface area contributed by atoms with Crippen LogP contribution >= 0.6 is 0 Å². The zero-order valence-electron chi connectivity index (χ0n) is 24.9. The Morgan fingerprint density at radius 3 is 1.97 bits per heavy atom. The van der Waals surface area contributed by atoms with Crippen LogP contribution in [0.15, 0.2) is 54.6 Å². The smallest absolute Gasteiger partial charge is 0.317 e. The highest BCUT2D eigenvalue weighted by Crippen LogP contribution is 2.20. The van der Waals surface area contributed by atoms with Crippen LogP contribution in [-0.4, -0.2) is 37.4 Å². The highest BCUT2D eigenvalue weighted by molar-refractivity contribution is 5.72. The first-order valence-electron chi connectivity index (χ1n) is 15.1. The second-order valence-electron chi connectivity index (χ2n) is 11.7. The van der Waals surface area contributed by atoms with E-state index >= 15 is 0 Å². The van der Waals surface area contributed by atoms with E-state index in [1.165, 1.54) is 68.9 Å². The number of carbonyl (C=O) groups is 1. The molecule has 0 spiro atoms. The molecule has 38 heavy (non-hydrogen) atoms. The minimum atomic E-state index is -0.553. The molecule has 0 aliphatic heterocycles. The van der Waals surface area contributed by atoms with E-state index in [1.807, 2.05) is 25.1 Å². The average Bonchev–Trinajstić information content (AvgIpc) is 2.88. The fraction of sp³-hybridized carbons (Fsp3) is 0.618. The number of benzene rings is 2. The van der Waals surface area contributed by atoms with E-state index in [4.69, 9.17) is 9.47 Å². The van der Waals surface area contributed by atoms with Gasteiger partial charge in [-0.05, 0) is 43.9 Å². The quantitative estimate of drug-likeness (QED) is 0.0752. The van der Waals surface area contributed by atoms with Crippen LogP contribution in [0.1, 0.15) is 103 Å². The van der Waals surface area contributed by atoms with Gasteiger partial charge in [-0.15, -0.1) is 0 Å². The largest absolute Gasteiger partial charge is 0.455 e. The van der Waals surface area contributed by atoms with Crippen molar-refractivity contribution in [2.45, 2.75) is 111 Å². The molecule has 2 rings (SSSR count). The number of ether oxygens (including phenoxy) is 2. The summed E-state index contributed by atoms with van der Waals surface area (Å²) in [5, 5.41) is 0. The van der Waals surface area contributed by atoms with Crippen LogP contribution in [0.5, 0.6) is 5.75 Å². The van der Waals surface area contributed by atoms with E-state index < -0.39 is 6.29 Å². The number of aryl methyl sites for hydroxylation is 1. The van der Waals surface area contributed by atoms with Gasteiger partial charge < -0.3 is 14.0 Å². The molecule has 0 bridgehead atoms. The molecule has 2 aromatic carbocycles. The predicted octanol–water partition coefficient (Wildman–Crippen LogP) is 8.72. The Labute approximate surface area is 233 Å². The summed E-state index contributed by atoms with van der Waals surface area (Å²) in [5.74, 6) is 0.361. The van der Waals surface area contributed by atoms with Crippen molar-refractivity contribution in [2.75, 3.05) is 20.6 Å². The lowest BCUT2D eigenvalue weighted by Crippen LogP contribution is -2.44. The zero-order valence-corrected chi connectivity index (χ0v) is 24.9. The lowest BCUT2D eigenvalue weighted by molar-refractivity contribution is -0.905. The third-order valence-electron chi connectivity index (χ3n) is 7.16. The van der Waals surface area contributed by atoms with Gasteiger partial charge in [0.2, 0.25) is 6.29 Å². The second kappa shape index (κ2) is 18.0. The highest BCUT2D eigenvalue weighted by atomic mass is 16.7. The molecule has 212 valence electrons. The average molecular weight is 525 g/mol. The fourth-order valence-electron chi connectivity index (χ4n) is 5.11. The Balaban J connectivity index is 1.75.